The van der Waals surface area contributed by atoms with Gasteiger partial charge in [0.1, 0.15) is 17.9 Å². The summed E-state index contributed by atoms with van der Waals surface area (Å²) in [4.78, 5) is 0. The van der Waals surface area contributed by atoms with Crippen molar-refractivity contribution in [2.75, 3.05) is 20.2 Å². The number of aryl methyl sites for hydroxylation is 2. The summed E-state index contributed by atoms with van der Waals surface area (Å²) >= 11 is 0. The molecule has 0 bridgehead atoms. The molecule has 0 aliphatic heterocycles. The lowest BCUT2D eigenvalue weighted by atomic mass is 10.1. The quantitative estimate of drug-likeness (QED) is 0.744. The second-order valence-electron chi connectivity index (χ2n) is 5.07. The molecule has 6 heteroatoms. The third-order valence-corrected chi connectivity index (χ3v) is 3.41. The highest BCUT2D eigenvalue weighted by Crippen LogP contribution is 2.25. The van der Waals surface area contributed by atoms with Gasteiger partial charge in [0.25, 0.3) is 0 Å². The molecule has 0 spiro atoms. The van der Waals surface area contributed by atoms with Crippen LogP contribution in [0.3, 0.4) is 0 Å². The number of rotatable bonds is 7. The van der Waals surface area contributed by atoms with Crippen LogP contribution in [0.15, 0.2) is 24.5 Å². The summed E-state index contributed by atoms with van der Waals surface area (Å²) in [7, 11) is 3.53. The van der Waals surface area contributed by atoms with Crippen molar-refractivity contribution in [2.45, 2.75) is 19.4 Å². The van der Waals surface area contributed by atoms with Crippen molar-refractivity contribution in [3.8, 4) is 5.75 Å². The molecule has 6 nitrogen and oxygen atoms in total. The summed E-state index contributed by atoms with van der Waals surface area (Å²) in [5.41, 5.74) is 1.91. The lowest BCUT2D eigenvalue weighted by Gasteiger charge is -2.16. The fraction of sp³-hybridized carbons (Fsp3) is 0.467. The fourth-order valence-corrected chi connectivity index (χ4v) is 2.20. The Kier molecular flexibility index (Phi) is 5.30. The highest BCUT2D eigenvalue weighted by Gasteiger charge is 2.13. The maximum atomic E-state index is 10.3. The van der Waals surface area contributed by atoms with E-state index in [9.17, 15) is 5.11 Å². The highest BCUT2D eigenvalue weighted by atomic mass is 16.5. The number of nitrogens with one attached hydrogen (secondary N) is 1. The monoisotopic (exact) mass is 290 g/mol. The highest BCUT2D eigenvalue weighted by molar-refractivity contribution is 5.38. The number of aliphatic hydroxyl groups excluding tert-OH is 1. The van der Waals surface area contributed by atoms with Gasteiger partial charge >= 0.3 is 0 Å². The minimum Gasteiger partial charge on any atom is -0.496 e. The molecule has 0 aliphatic carbocycles. The van der Waals surface area contributed by atoms with E-state index in [1.165, 1.54) is 0 Å². The maximum absolute atomic E-state index is 10.3. The predicted molar refractivity (Wildman–Crippen MR) is 80.3 cm³/mol. The van der Waals surface area contributed by atoms with Gasteiger partial charge in [-0.1, -0.05) is 11.6 Å². The molecule has 1 atom stereocenters. The van der Waals surface area contributed by atoms with E-state index in [2.05, 4.69) is 15.5 Å². The molecular formula is C15H22N4O2. The van der Waals surface area contributed by atoms with Gasteiger partial charge in [0.15, 0.2) is 0 Å². The standard InChI is InChI=1S/C15H22N4O2/c1-11-4-5-14(21-3)12(8-11)13(20)9-16-7-6-15-18-17-10-19(15)2/h4-5,8,10,13,16,20H,6-7,9H2,1-3H3. The van der Waals surface area contributed by atoms with Crippen LogP contribution in [0.2, 0.25) is 0 Å². The van der Waals surface area contributed by atoms with Gasteiger partial charge in [-0.2, -0.15) is 0 Å². The van der Waals surface area contributed by atoms with Crippen LogP contribution in [-0.4, -0.2) is 40.1 Å². The van der Waals surface area contributed by atoms with E-state index < -0.39 is 6.10 Å². The number of ether oxygens (including phenoxy) is 1. The average Bonchev–Trinajstić information content (AvgIpc) is 2.88. The summed E-state index contributed by atoms with van der Waals surface area (Å²) in [5.74, 6) is 1.63. The van der Waals surface area contributed by atoms with E-state index in [4.69, 9.17) is 4.74 Å². The predicted octanol–water partition coefficient (Wildman–Crippen LogP) is 0.998. The zero-order valence-electron chi connectivity index (χ0n) is 12.7. The normalized spacial score (nSPS) is 12.4. The van der Waals surface area contributed by atoms with Crippen molar-refractivity contribution in [3.63, 3.8) is 0 Å². The summed E-state index contributed by atoms with van der Waals surface area (Å²) in [5, 5.41) is 21.4. The van der Waals surface area contributed by atoms with E-state index in [0.717, 1.165) is 29.9 Å². The van der Waals surface area contributed by atoms with E-state index in [1.54, 1.807) is 13.4 Å². The molecule has 1 heterocycles. The third-order valence-electron chi connectivity index (χ3n) is 3.41. The Hall–Kier alpha value is -1.92. The van der Waals surface area contributed by atoms with Crippen molar-refractivity contribution in [2.24, 2.45) is 7.05 Å². The molecule has 0 radical (unpaired) electrons. The third kappa shape index (κ3) is 4.03. The molecule has 0 aliphatic rings. The molecule has 0 saturated carbocycles. The molecule has 2 rings (SSSR count). The van der Waals surface area contributed by atoms with Gasteiger partial charge in [0.05, 0.1) is 13.2 Å². The minimum atomic E-state index is -0.598. The number of benzene rings is 1. The zero-order valence-corrected chi connectivity index (χ0v) is 12.7. The van der Waals surface area contributed by atoms with Gasteiger partial charge in [-0.15, -0.1) is 10.2 Å². The van der Waals surface area contributed by atoms with Gasteiger partial charge in [-0.3, -0.25) is 0 Å². The summed E-state index contributed by atoms with van der Waals surface area (Å²) in [6.07, 6.45) is 1.86. The average molecular weight is 290 g/mol. The molecular weight excluding hydrogens is 268 g/mol. The Balaban J connectivity index is 1.86. The first kappa shape index (κ1) is 15.5. The Bertz CT molecular complexity index is 583. The second-order valence-corrected chi connectivity index (χ2v) is 5.07. The Morgan fingerprint density at radius 2 is 2.24 bits per heavy atom. The van der Waals surface area contributed by atoms with E-state index >= 15 is 0 Å². The largest absolute Gasteiger partial charge is 0.496 e. The van der Waals surface area contributed by atoms with Crippen LogP contribution in [0.1, 0.15) is 23.1 Å². The van der Waals surface area contributed by atoms with Crippen LogP contribution in [0, 0.1) is 6.92 Å². The molecule has 0 fully saturated rings. The molecule has 1 unspecified atom stereocenters. The Morgan fingerprint density at radius 1 is 1.43 bits per heavy atom. The van der Waals surface area contributed by atoms with Crippen LogP contribution in [0.5, 0.6) is 5.75 Å². The fourth-order valence-electron chi connectivity index (χ4n) is 2.20. The summed E-state index contributed by atoms with van der Waals surface area (Å²) < 4.78 is 7.18. The van der Waals surface area contributed by atoms with Crippen molar-refractivity contribution >= 4 is 0 Å². The number of aromatic nitrogens is 3. The number of methoxy groups -OCH3 is 1. The Morgan fingerprint density at radius 3 is 2.90 bits per heavy atom. The second kappa shape index (κ2) is 7.19. The summed E-state index contributed by atoms with van der Waals surface area (Å²) in [6, 6.07) is 5.80. The molecule has 21 heavy (non-hydrogen) atoms. The lowest BCUT2D eigenvalue weighted by Crippen LogP contribution is -2.24. The van der Waals surface area contributed by atoms with Crippen molar-refractivity contribution < 1.29 is 9.84 Å². The van der Waals surface area contributed by atoms with Crippen molar-refractivity contribution in [3.05, 3.63) is 41.5 Å². The van der Waals surface area contributed by atoms with Crippen molar-refractivity contribution in [1.29, 1.82) is 0 Å². The molecule has 2 aromatic rings. The Labute approximate surface area is 124 Å². The maximum Gasteiger partial charge on any atom is 0.133 e. The van der Waals surface area contributed by atoms with E-state index in [0.29, 0.717) is 12.3 Å². The van der Waals surface area contributed by atoms with Crippen LogP contribution < -0.4 is 10.1 Å². The van der Waals surface area contributed by atoms with Gasteiger partial charge < -0.3 is 19.7 Å². The molecule has 0 amide bonds. The molecule has 0 saturated heterocycles. The number of hydrogen-bond donors (Lipinski definition) is 2. The van der Waals surface area contributed by atoms with Crippen LogP contribution in [0.25, 0.3) is 0 Å². The summed E-state index contributed by atoms with van der Waals surface area (Å²) in [6.45, 7) is 3.20. The topological polar surface area (TPSA) is 72.2 Å². The first-order chi connectivity index (χ1) is 10.1. The van der Waals surface area contributed by atoms with Gasteiger partial charge in [-0.05, 0) is 19.1 Å². The van der Waals surface area contributed by atoms with E-state index in [-0.39, 0.29) is 0 Å². The number of nitrogens with zero attached hydrogens (tertiary/aromatic N) is 3. The lowest BCUT2D eigenvalue weighted by molar-refractivity contribution is 0.170. The molecule has 114 valence electrons. The number of hydrogen-bond acceptors (Lipinski definition) is 5. The van der Waals surface area contributed by atoms with Gasteiger partial charge in [0.2, 0.25) is 0 Å². The van der Waals surface area contributed by atoms with Crippen LogP contribution in [-0.2, 0) is 13.5 Å². The molecule has 1 aromatic heterocycles. The first-order valence-electron chi connectivity index (χ1n) is 6.98. The van der Waals surface area contributed by atoms with Crippen molar-refractivity contribution in [1.82, 2.24) is 20.1 Å². The van der Waals surface area contributed by atoms with Gasteiger partial charge in [-0.25, -0.2) is 0 Å². The van der Waals surface area contributed by atoms with Crippen LogP contribution >= 0.6 is 0 Å². The minimum absolute atomic E-state index is 0.470. The van der Waals surface area contributed by atoms with Gasteiger partial charge in [0, 0.05) is 32.1 Å². The molecule has 1 aromatic carbocycles. The zero-order chi connectivity index (χ0) is 15.2. The van der Waals surface area contributed by atoms with Crippen LogP contribution in [0.4, 0.5) is 0 Å². The smallest absolute Gasteiger partial charge is 0.133 e. The molecule has 2 N–H and O–H groups in total. The SMILES string of the molecule is COc1ccc(C)cc1C(O)CNCCc1nncn1C. The van der Waals surface area contributed by atoms with E-state index in [1.807, 2.05) is 36.7 Å². The first-order valence-corrected chi connectivity index (χ1v) is 6.98. The number of aliphatic hydroxyl groups is 1.